The Morgan fingerprint density at radius 1 is 1.14 bits per heavy atom. The lowest BCUT2D eigenvalue weighted by molar-refractivity contribution is -0.113. The van der Waals surface area contributed by atoms with Crippen LogP contribution < -0.4 is 4.90 Å². The Morgan fingerprint density at radius 2 is 1.90 bits per heavy atom. The molecule has 8 heteroatoms. The molecule has 0 atom stereocenters. The second-order valence-corrected chi connectivity index (χ2v) is 8.19. The maximum absolute atomic E-state index is 12.8. The van der Waals surface area contributed by atoms with Crippen LogP contribution in [0.4, 0.5) is 5.69 Å². The molecule has 0 bridgehead atoms. The SMILES string of the molecule is O=C(O)c1ccc(-c2ccc(/C=C3/SC(=S)N(c4cccc(Cl)c4)C3=O)o2)cc1. The molecule has 1 amide bonds. The average molecular weight is 442 g/mol. The number of benzene rings is 2. The predicted octanol–water partition coefficient (Wildman–Crippen LogP) is 5.70. The Bertz CT molecular complexity index is 1170. The van der Waals surface area contributed by atoms with Crippen molar-refractivity contribution in [3.8, 4) is 11.3 Å². The number of carboxylic acids is 1. The number of nitrogens with zero attached hydrogens (tertiary/aromatic N) is 1. The van der Waals surface area contributed by atoms with Gasteiger partial charge >= 0.3 is 5.97 Å². The van der Waals surface area contributed by atoms with E-state index in [9.17, 15) is 9.59 Å². The molecule has 0 radical (unpaired) electrons. The third kappa shape index (κ3) is 3.98. The van der Waals surface area contributed by atoms with Crippen molar-refractivity contribution in [1.29, 1.82) is 0 Å². The topological polar surface area (TPSA) is 70.8 Å². The molecule has 1 N–H and O–H groups in total. The second-order valence-electron chi connectivity index (χ2n) is 6.08. The molecule has 0 unspecified atom stereocenters. The lowest BCUT2D eigenvalue weighted by Crippen LogP contribution is -2.27. The molecule has 5 nitrogen and oxygen atoms in total. The Hall–Kier alpha value is -2.87. The van der Waals surface area contributed by atoms with Gasteiger partial charge in [0.1, 0.15) is 11.5 Å². The highest BCUT2D eigenvalue weighted by Gasteiger charge is 2.33. The van der Waals surface area contributed by atoms with Gasteiger partial charge in [-0.15, -0.1) is 0 Å². The van der Waals surface area contributed by atoms with Crippen molar-refractivity contribution in [2.75, 3.05) is 4.90 Å². The molecule has 4 rings (SSSR count). The average Bonchev–Trinajstić information content (AvgIpc) is 3.26. The van der Waals surface area contributed by atoms with E-state index >= 15 is 0 Å². The fraction of sp³-hybridized carbons (Fsp3) is 0. The summed E-state index contributed by atoms with van der Waals surface area (Å²) >= 11 is 12.6. The number of aromatic carboxylic acids is 1. The normalized spacial score (nSPS) is 15.3. The fourth-order valence-corrected chi connectivity index (χ4v) is 4.26. The van der Waals surface area contributed by atoms with Crippen LogP contribution in [0.25, 0.3) is 17.4 Å². The molecule has 2 aromatic carbocycles. The summed E-state index contributed by atoms with van der Waals surface area (Å²) in [6.07, 6.45) is 1.64. The molecule has 0 spiro atoms. The first-order valence-corrected chi connectivity index (χ1v) is 10.00. The van der Waals surface area contributed by atoms with Crippen LogP contribution in [-0.4, -0.2) is 21.3 Å². The zero-order valence-electron chi connectivity index (χ0n) is 14.7. The number of carbonyl (C=O) groups is 2. The number of carboxylic acid groups (broad SMARTS) is 1. The van der Waals surface area contributed by atoms with Crippen molar-refractivity contribution in [1.82, 2.24) is 0 Å². The number of hydrogen-bond donors (Lipinski definition) is 1. The smallest absolute Gasteiger partial charge is 0.335 e. The molecule has 1 aromatic heterocycles. The molecule has 1 saturated heterocycles. The zero-order chi connectivity index (χ0) is 20.5. The van der Waals surface area contributed by atoms with Gasteiger partial charge in [0.15, 0.2) is 4.32 Å². The summed E-state index contributed by atoms with van der Waals surface area (Å²) in [5, 5.41) is 9.51. The fourth-order valence-electron chi connectivity index (χ4n) is 2.80. The number of anilines is 1. The van der Waals surface area contributed by atoms with Crippen LogP contribution in [0.2, 0.25) is 5.02 Å². The highest BCUT2D eigenvalue weighted by molar-refractivity contribution is 8.27. The molecule has 3 aromatic rings. The number of hydrogen-bond acceptors (Lipinski definition) is 5. The number of thioether (sulfide) groups is 1. The maximum atomic E-state index is 12.8. The number of rotatable bonds is 4. The van der Waals surface area contributed by atoms with Crippen LogP contribution in [0.1, 0.15) is 16.1 Å². The van der Waals surface area contributed by atoms with Crippen LogP contribution in [0.15, 0.2) is 70.0 Å². The maximum Gasteiger partial charge on any atom is 0.335 e. The molecule has 0 saturated carbocycles. The monoisotopic (exact) mass is 441 g/mol. The Labute approximate surface area is 180 Å². The van der Waals surface area contributed by atoms with Gasteiger partial charge in [-0.3, -0.25) is 9.69 Å². The van der Waals surface area contributed by atoms with Gasteiger partial charge in [-0.1, -0.05) is 53.8 Å². The second kappa shape index (κ2) is 7.87. The Balaban J connectivity index is 1.58. The first-order valence-electron chi connectivity index (χ1n) is 8.39. The molecule has 1 fully saturated rings. The van der Waals surface area contributed by atoms with E-state index in [0.29, 0.717) is 31.5 Å². The number of thiocarbonyl (C=S) groups is 1. The lowest BCUT2D eigenvalue weighted by Gasteiger charge is -2.14. The van der Waals surface area contributed by atoms with Crippen LogP contribution >= 0.6 is 35.6 Å². The molecule has 1 aliphatic heterocycles. The van der Waals surface area contributed by atoms with Gasteiger partial charge in [-0.25, -0.2) is 4.79 Å². The first-order chi connectivity index (χ1) is 13.9. The minimum Gasteiger partial charge on any atom is -0.478 e. The van der Waals surface area contributed by atoms with E-state index in [1.165, 1.54) is 28.8 Å². The van der Waals surface area contributed by atoms with E-state index in [1.807, 2.05) is 0 Å². The van der Waals surface area contributed by atoms with Gasteiger partial charge < -0.3 is 9.52 Å². The van der Waals surface area contributed by atoms with Crippen molar-refractivity contribution in [3.05, 3.63) is 81.9 Å². The molecule has 2 heterocycles. The van der Waals surface area contributed by atoms with Gasteiger partial charge in [-0.05, 0) is 42.5 Å². The number of carbonyl (C=O) groups excluding carboxylic acids is 1. The summed E-state index contributed by atoms with van der Waals surface area (Å²) < 4.78 is 6.22. The van der Waals surface area contributed by atoms with Gasteiger partial charge in [0.05, 0.1) is 16.2 Å². The zero-order valence-corrected chi connectivity index (χ0v) is 17.1. The minimum absolute atomic E-state index is 0.199. The molecule has 29 heavy (non-hydrogen) atoms. The number of furan rings is 1. The van der Waals surface area contributed by atoms with Crippen molar-refractivity contribution < 1.29 is 19.1 Å². The van der Waals surface area contributed by atoms with E-state index < -0.39 is 5.97 Å². The molecule has 0 aliphatic carbocycles. The predicted molar refractivity (Wildman–Crippen MR) is 118 cm³/mol. The summed E-state index contributed by atoms with van der Waals surface area (Å²) in [5.74, 6) is -0.170. The summed E-state index contributed by atoms with van der Waals surface area (Å²) in [4.78, 5) is 25.7. The van der Waals surface area contributed by atoms with E-state index in [-0.39, 0.29) is 11.5 Å². The van der Waals surface area contributed by atoms with Gasteiger partial charge in [-0.2, -0.15) is 0 Å². The third-order valence-corrected chi connectivity index (χ3v) is 5.71. The van der Waals surface area contributed by atoms with Crippen molar-refractivity contribution in [2.45, 2.75) is 0 Å². The van der Waals surface area contributed by atoms with Crippen molar-refractivity contribution in [3.63, 3.8) is 0 Å². The van der Waals surface area contributed by atoms with Crippen LogP contribution in [0.5, 0.6) is 0 Å². The largest absolute Gasteiger partial charge is 0.478 e. The number of halogens is 1. The van der Waals surface area contributed by atoms with E-state index in [4.69, 9.17) is 33.3 Å². The summed E-state index contributed by atoms with van der Waals surface area (Å²) in [5.41, 5.74) is 1.55. The molecular weight excluding hydrogens is 430 g/mol. The lowest BCUT2D eigenvalue weighted by atomic mass is 10.1. The van der Waals surface area contributed by atoms with Crippen LogP contribution in [0.3, 0.4) is 0 Å². The minimum atomic E-state index is -0.988. The summed E-state index contributed by atoms with van der Waals surface area (Å²) in [6.45, 7) is 0. The third-order valence-electron chi connectivity index (χ3n) is 4.18. The van der Waals surface area contributed by atoms with Gasteiger partial charge in [0.25, 0.3) is 5.91 Å². The first kappa shape index (κ1) is 19.4. The Kier molecular flexibility index (Phi) is 5.27. The Morgan fingerprint density at radius 3 is 2.59 bits per heavy atom. The van der Waals surface area contributed by atoms with E-state index in [2.05, 4.69) is 0 Å². The summed E-state index contributed by atoms with van der Waals surface area (Å²) in [7, 11) is 0. The highest BCUT2D eigenvalue weighted by atomic mass is 35.5. The van der Waals surface area contributed by atoms with E-state index in [0.717, 1.165) is 5.56 Å². The highest BCUT2D eigenvalue weighted by Crippen LogP contribution is 2.37. The molecule has 144 valence electrons. The van der Waals surface area contributed by atoms with Crippen LogP contribution in [0, 0.1) is 0 Å². The standard InChI is InChI=1S/C21H12ClNO4S2/c22-14-2-1-3-15(10-14)23-19(24)18(29-21(23)28)11-16-8-9-17(27-16)12-4-6-13(7-5-12)20(25)26/h1-11H,(H,25,26)/b18-11+. The summed E-state index contributed by atoms with van der Waals surface area (Å²) in [6, 6.07) is 16.8. The van der Waals surface area contributed by atoms with Gasteiger partial charge in [0.2, 0.25) is 0 Å². The molecule has 1 aliphatic rings. The van der Waals surface area contributed by atoms with Crippen molar-refractivity contribution in [2.24, 2.45) is 0 Å². The quantitative estimate of drug-likeness (QED) is 0.413. The van der Waals surface area contributed by atoms with Crippen LogP contribution in [-0.2, 0) is 4.79 Å². The van der Waals surface area contributed by atoms with Gasteiger partial charge in [0, 0.05) is 16.7 Å². The van der Waals surface area contributed by atoms with Crippen molar-refractivity contribution >= 4 is 63.5 Å². The number of amides is 1. The molecular formula is C21H12ClNO4S2. The van der Waals surface area contributed by atoms with E-state index in [1.54, 1.807) is 54.6 Å².